The van der Waals surface area contributed by atoms with Crippen LogP contribution in [0.4, 0.5) is 5.69 Å². The van der Waals surface area contributed by atoms with Crippen LogP contribution in [-0.2, 0) is 14.3 Å². The van der Waals surface area contributed by atoms with Crippen LogP contribution in [0.25, 0.3) is 10.8 Å². The number of carbonyl (C=O) groups is 3. The van der Waals surface area contributed by atoms with Gasteiger partial charge in [-0.05, 0) is 40.6 Å². The Hall–Kier alpha value is -4.00. The number of hydrogen-bond acceptors (Lipinski definition) is 5. The quantitative estimate of drug-likeness (QED) is 0.317. The van der Waals surface area contributed by atoms with Crippen LogP contribution >= 0.6 is 0 Å². The van der Waals surface area contributed by atoms with Crippen molar-refractivity contribution < 1.29 is 19.1 Å². The van der Waals surface area contributed by atoms with Crippen LogP contribution < -0.4 is 10.7 Å². The molecule has 0 aliphatic carbocycles. The third-order valence-corrected chi connectivity index (χ3v) is 3.93. The molecular weight excluding hydrogens is 358 g/mol. The number of carbonyl (C=O) groups excluding carboxylic acids is 3. The maximum atomic E-state index is 12.0. The molecule has 0 bridgehead atoms. The Morgan fingerprint density at radius 3 is 2.32 bits per heavy atom. The molecule has 0 aromatic heterocycles. The van der Waals surface area contributed by atoms with Crippen LogP contribution in [0.1, 0.15) is 15.9 Å². The second kappa shape index (κ2) is 8.59. The summed E-state index contributed by atoms with van der Waals surface area (Å²) in [6.07, 6.45) is 1.36. The number of fused-ring (bicyclic) bond motifs is 1. The molecule has 0 unspecified atom stereocenters. The van der Waals surface area contributed by atoms with E-state index in [2.05, 4.69) is 20.6 Å². The highest BCUT2D eigenvalue weighted by Crippen LogP contribution is 2.18. The average molecular weight is 375 g/mol. The van der Waals surface area contributed by atoms with Gasteiger partial charge < -0.3 is 10.1 Å². The van der Waals surface area contributed by atoms with E-state index in [0.717, 1.165) is 10.8 Å². The Labute approximate surface area is 161 Å². The molecular formula is C21H17N3O4. The Morgan fingerprint density at radius 2 is 1.61 bits per heavy atom. The van der Waals surface area contributed by atoms with Crippen LogP contribution in [0.2, 0.25) is 0 Å². The van der Waals surface area contributed by atoms with E-state index in [1.165, 1.54) is 13.3 Å². The van der Waals surface area contributed by atoms with Gasteiger partial charge in [0.1, 0.15) is 0 Å². The fraction of sp³-hybridized carbons (Fsp3) is 0.0476. The molecule has 2 N–H and O–H groups in total. The lowest BCUT2D eigenvalue weighted by molar-refractivity contribution is -0.136. The zero-order chi connectivity index (χ0) is 19.9. The molecule has 7 heteroatoms. The molecule has 3 aromatic carbocycles. The summed E-state index contributed by atoms with van der Waals surface area (Å²) in [6.45, 7) is 0. The molecule has 0 spiro atoms. The third-order valence-electron chi connectivity index (χ3n) is 3.93. The van der Waals surface area contributed by atoms with Crippen molar-refractivity contribution in [3.8, 4) is 0 Å². The van der Waals surface area contributed by atoms with E-state index in [0.29, 0.717) is 16.8 Å². The van der Waals surface area contributed by atoms with Gasteiger partial charge in [-0.2, -0.15) is 5.10 Å². The normalized spacial score (nSPS) is 10.6. The van der Waals surface area contributed by atoms with Crippen molar-refractivity contribution in [1.29, 1.82) is 0 Å². The number of nitrogens with one attached hydrogen (secondary N) is 2. The molecule has 3 aromatic rings. The second-order valence-electron chi connectivity index (χ2n) is 5.83. The van der Waals surface area contributed by atoms with Gasteiger partial charge in [-0.15, -0.1) is 0 Å². The summed E-state index contributed by atoms with van der Waals surface area (Å²) in [4.78, 5) is 35.2. The third kappa shape index (κ3) is 4.59. The predicted octanol–water partition coefficient (Wildman–Crippen LogP) is 2.72. The molecule has 7 nitrogen and oxygen atoms in total. The van der Waals surface area contributed by atoms with Gasteiger partial charge in [0.2, 0.25) is 0 Å². The SMILES string of the molecule is COC(=O)c1ccc(/C=N/NC(=O)C(=O)Nc2ccc3ccccc3c2)cc1. The fourth-order valence-corrected chi connectivity index (χ4v) is 2.49. The first-order chi connectivity index (χ1) is 13.6. The van der Waals surface area contributed by atoms with Crippen LogP contribution in [0.5, 0.6) is 0 Å². The minimum absolute atomic E-state index is 0.401. The number of ether oxygens (including phenoxy) is 1. The Kier molecular flexibility index (Phi) is 5.76. The van der Waals surface area contributed by atoms with E-state index in [4.69, 9.17) is 0 Å². The smallest absolute Gasteiger partial charge is 0.337 e. The Morgan fingerprint density at radius 1 is 0.893 bits per heavy atom. The number of nitrogens with zero attached hydrogens (tertiary/aromatic N) is 1. The van der Waals surface area contributed by atoms with Gasteiger partial charge in [-0.3, -0.25) is 9.59 Å². The molecule has 0 saturated heterocycles. The number of hydrazone groups is 1. The second-order valence-corrected chi connectivity index (χ2v) is 5.83. The highest BCUT2D eigenvalue weighted by molar-refractivity contribution is 6.39. The van der Waals surface area contributed by atoms with E-state index < -0.39 is 17.8 Å². The van der Waals surface area contributed by atoms with Crippen molar-refractivity contribution in [1.82, 2.24) is 5.43 Å². The summed E-state index contributed by atoms with van der Waals surface area (Å²) in [5.74, 6) is -2.16. The molecule has 0 fully saturated rings. The summed E-state index contributed by atoms with van der Waals surface area (Å²) in [7, 11) is 1.30. The van der Waals surface area contributed by atoms with Crippen molar-refractivity contribution in [3.63, 3.8) is 0 Å². The average Bonchev–Trinajstić information content (AvgIpc) is 2.73. The van der Waals surface area contributed by atoms with Crippen molar-refractivity contribution in [2.75, 3.05) is 12.4 Å². The number of methoxy groups -OCH3 is 1. The fourth-order valence-electron chi connectivity index (χ4n) is 2.49. The topological polar surface area (TPSA) is 96.9 Å². The standard InChI is InChI=1S/C21H17N3O4/c1-28-21(27)16-8-6-14(7-9-16)13-22-24-20(26)19(25)23-18-11-10-15-4-2-3-5-17(15)12-18/h2-13H,1H3,(H,23,25)(H,24,26)/b22-13+. The van der Waals surface area contributed by atoms with Crippen molar-refractivity contribution in [3.05, 3.63) is 77.9 Å². The number of rotatable bonds is 4. The van der Waals surface area contributed by atoms with E-state index in [1.54, 1.807) is 36.4 Å². The molecule has 0 heterocycles. The summed E-state index contributed by atoms with van der Waals surface area (Å²) in [5.41, 5.74) is 3.72. The van der Waals surface area contributed by atoms with E-state index in [-0.39, 0.29) is 0 Å². The maximum Gasteiger partial charge on any atom is 0.337 e. The minimum Gasteiger partial charge on any atom is -0.465 e. The number of anilines is 1. The molecule has 3 rings (SSSR count). The van der Waals surface area contributed by atoms with Gasteiger partial charge in [0, 0.05) is 5.69 Å². The molecule has 0 aliphatic heterocycles. The van der Waals surface area contributed by atoms with Crippen LogP contribution in [0, 0.1) is 0 Å². The lowest BCUT2D eigenvalue weighted by Crippen LogP contribution is -2.32. The molecule has 0 saturated carbocycles. The van der Waals surface area contributed by atoms with Crippen LogP contribution in [0.15, 0.2) is 71.8 Å². The first-order valence-corrected chi connectivity index (χ1v) is 8.38. The van der Waals surface area contributed by atoms with Crippen molar-refractivity contribution >= 4 is 40.5 Å². The highest BCUT2D eigenvalue weighted by atomic mass is 16.5. The molecule has 0 radical (unpaired) electrons. The highest BCUT2D eigenvalue weighted by Gasteiger charge is 2.13. The van der Waals surface area contributed by atoms with Gasteiger partial charge in [0.15, 0.2) is 0 Å². The zero-order valence-electron chi connectivity index (χ0n) is 15.0. The van der Waals surface area contributed by atoms with Gasteiger partial charge >= 0.3 is 17.8 Å². The monoisotopic (exact) mass is 375 g/mol. The molecule has 0 atom stereocenters. The summed E-state index contributed by atoms with van der Waals surface area (Å²) in [5, 5.41) is 8.27. The number of hydrogen-bond donors (Lipinski definition) is 2. The van der Waals surface area contributed by atoms with Gasteiger partial charge in [-0.25, -0.2) is 10.2 Å². The summed E-state index contributed by atoms with van der Waals surface area (Å²) < 4.78 is 4.61. The number of esters is 1. The Bertz CT molecular complexity index is 1060. The van der Waals surface area contributed by atoms with E-state index in [1.807, 2.05) is 30.3 Å². The van der Waals surface area contributed by atoms with Crippen LogP contribution in [-0.4, -0.2) is 31.1 Å². The van der Waals surface area contributed by atoms with E-state index >= 15 is 0 Å². The van der Waals surface area contributed by atoms with Gasteiger partial charge in [-0.1, -0.05) is 42.5 Å². The number of amides is 2. The predicted molar refractivity (Wildman–Crippen MR) is 106 cm³/mol. The molecule has 0 aliphatic rings. The van der Waals surface area contributed by atoms with Crippen LogP contribution in [0.3, 0.4) is 0 Å². The first-order valence-electron chi connectivity index (χ1n) is 8.38. The minimum atomic E-state index is -0.893. The molecule has 2 amide bonds. The summed E-state index contributed by atoms with van der Waals surface area (Å²) >= 11 is 0. The molecule has 140 valence electrons. The first kappa shape index (κ1) is 18.8. The van der Waals surface area contributed by atoms with Crippen molar-refractivity contribution in [2.45, 2.75) is 0 Å². The van der Waals surface area contributed by atoms with Gasteiger partial charge in [0.25, 0.3) is 0 Å². The Balaban J connectivity index is 1.56. The number of benzene rings is 3. The largest absolute Gasteiger partial charge is 0.465 e. The van der Waals surface area contributed by atoms with Crippen molar-refractivity contribution in [2.24, 2.45) is 5.10 Å². The van der Waals surface area contributed by atoms with Gasteiger partial charge in [0.05, 0.1) is 18.9 Å². The maximum absolute atomic E-state index is 12.0. The van der Waals surface area contributed by atoms with E-state index in [9.17, 15) is 14.4 Å². The molecule has 28 heavy (non-hydrogen) atoms. The summed E-state index contributed by atoms with van der Waals surface area (Å²) in [6, 6.07) is 19.5. The zero-order valence-corrected chi connectivity index (χ0v) is 15.0. The lowest BCUT2D eigenvalue weighted by Gasteiger charge is -2.05. The lowest BCUT2D eigenvalue weighted by atomic mass is 10.1.